The van der Waals surface area contributed by atoms with Crippen molar-refractivity contribution in [1.29, 1.82) is 0 Å². The average Bonchev–Trinajstić information content (AvgIpc) is 3.03. The summed E-state index contributed by atoms with van der Waals surface area (Å²) in [5.74, 6) is 0.0312. The highest BCUT2D eigenvalue weighted by Crippen LogP contribution is 2.33. The summed E-state index contributed by atoms with van der Waals surface area (Å²) in [5, 5.41) is 5.83. The highest BCUT2D eigenvalue weighted by molar-refractivity contribution is 5.87. The van der Waals surface area contributed by atoms with E-state index in [1.165, 1.54) is 19.1 Å². The monoisotopic (exact) mass is 348 g/mol. The summed E-state index contributed by atoms with van der Waals surface area (Å²) in [7, 11) is 0. The number of hydrogen-bond acceptors (Lipinski definition) is 3. The summed E-state index contributed by atoms with van der Waals surface area (Å²) in [6.45, 7) is 1.97. The molecular formula is C19H25FN2O3. The molecule has 0 unspecified atom stereocenters. The van der Waals surface area contributed by atoms with Crippen LogP contribution >= 0.6 is 0 Å². The summed E-state index contributed by atoms with van der Waals surface area (Å²) >= 11 is 0. The van der Waals surface area contributed by atoms with Crippen LogP contribution in [0.15, 0.2) is 18.2 Å². The first-order chi connectivity index (χ1) is 12.0. The van der Waals surface area contributed by atoms with Gasteiger partial charge in [0.05, 0.1) is 12.6 Å². The Bertz CT molecular complexity index is 644. The number of hydrogen-bond donors (Lipinski definition) is 2. The van der Waals surface area contributed by atoms with E-state index < -0.39 is 6.04 Å². The van der Waals surface area contributed by atoms with Crippen molar-refractivity contribution in [2.75, 3.05) is 6.61 Å². The third-order valence-electron chi connectivity index (χ3n) is 5.07. The standard InChI is InChI=1S/C19H25FN2O3/c1-12(23)21-18(13-5-2-3-6-13)19(24)22-16-7-4-10-25-17-9-8-14(20)11-15(16)17/h8-9,11,13,16,18H,2-7,10H2,1H3,(H,21,23)(H,22,24)/t16-,18-/m0/s1. The summed E-state index contributed by atoms with van der Waals surface area (Å²) in [6.07, 6.45) is 5.50. The van der Waals surface area contributed by atoms with E-state index in [9.17, 15) is 14.0 Å². The molecule has 136 valence electrons. The van der Waals surface area contributed by atoms with Crippen LogP contribution in [0.3, 0.4) is 0 Å². The van der Waals surface area contributed by atoms with Gasteiger partial charge in [0, 0.05) is 12.5 Å². The number of carbonyl (C=O) groups is 2. The van der Waals surface area contributed by atoms with E-state index in [-0.39, 0.29) is 29.6 Å². The molecule has 0 aromatic heterocycles. The highest BCUT2D eigenvalue weighted by Gasteiger charge is 2.33. The van der Waals surface area contributed by atoms with Gasteiger partial charge in [-0.15, -0.1) is 0 Å². The fraction of sp³-hybridized carbons (Fsp3) is 0.579. The molecule has 1 aromatic carbocycles. The number of amides is 2. The highest BCUT2D eigenvalue weighted by atomic mass is 19.1. The second-order valence-corrected chi connectivity index (χ2v) is 6.96. The van der Waals surface area contributed by atoms with E-state index in [4.69, 9.17) is 4.74 Å². The van der Waals surface area contributed by atoms with Crippen LogP contribution in [0.25, 0.3) is 0 Å². The van der Waals surface area contributed by atoms with Crippen LogP contribution in [0.5, 0.6) is 5.75 Å². The van der Waals surface area contributed by atoms with Crippen molar-refractivity contribution in [2.45, 2.75) is 57.5 Å². The maximum absolute atomic E-state index is 13.7. The molecule has 2 atom stereocenters. The quantitative estimate of drug-likeness (QED) is 0.879. The van der Waals surface area contributed by atoms with Crippen molar-refractivity contribution in [3.63, 3.8) is 0 Å². The van der Waals surface area contributed by atoms with Crippen LogP contribution in [0.1, 0.15) is 57.1 Å². The van der Waals surface area contributed by atoms with Crippen molar-refractivity contribution in [1.82, 2.24) is 10.6 Å². The molecule has 0 bridgehead atoms. The Morgan fingerprint density at radius 3 is 2.68 bits per heavy atom. The van der Waals surface area contributed by atoms with E-state index in [2.05, 4.69) is 10.6 Å². The smallest absolute Gasteiger partial charge is 0.243 e. The predicted octanol–water partition coefficient (Wildman–Crippen LogP) is 2.85. The van der Waals surface area contributed by atoms with Crippen molar-refractivity contribution in [3.8, 4) is 5.75 Å². The van der Waals surface area contributed by atoms with Gasteiger partial charge in [-0.05, 0) is 49.8 Å². The molecule has 2 amide bonds. The molecule has 5 nitrogen and oxygen atoms in total. The molecule has 25 heavy (non-hydrogen) atoms. The minimum atomic E-state index is -0.527. The molecule has 0 radical (unpaired) electrons. The number of halogens is 1. The first-order valence-electron chi connectivity index (χ1n) is 9.04. The molecule has 1 fully saturated rings. The molecule has 3 rings (SSSR count). The molecule has 1 heterocycles. The Kier molecular flexibility index (Phi) is 5.56. The van der Waals surface area contributed by atoms with Gasteiger partial charge in [0.2, 0.25) is 11.8 Å². The lowest BCUT2D eigenvalue weighted by atomic mass is 9.95. The van der Waals surface area contributed by atoms with Gasteiger partial charge in [-0.2, -0.15) is 0 Å². The number of benzene rings is 1. The lowest BCUT2D eigenvalue weighted by Crippen LogP contribution is -2.50. The lowest BCUT2D eigenvalue weighted by Gasteiger charge is -2.26. The predicted molar refractivity (Wildman–Crippen MR) is 91.6 cm³/mol. The fourth-order valence-electron chi connectivity index (χ4n) is 3.87. The van der Waals surface area contributed by atoms with Gasteiger partial charge in [0.25, 0.3) is 0 Å². The zero-order valence-electron chi connectivity index (χ0n) is 14.5. The van der Waals surface area contributed by atoms with E-state index in [0.29, 0.717) is 24.3 Å². The second-order valence-electron chi connectivity index (χ2n) is 6.96. The Morgan fingerprint density at radius 1 is 1.20 bits per heavy atom. The first kappa shape index (κ1) is 17.7. The number of carbonyl (C=O) groups excluding carboxylic acids is 2. The Hall–Kier alpha value is -2.11. The van der Waals surface area contributed by atoms with Crippen molar-refractivity contribution in [3.05, 3.63) is 29.6 Å². The fourth-order valence-corrected chi connectivity index (χ4v) is 3.87. The molecule has 2 N–H and O–H groups in total. The largest absolute Gasteiger partial charge is 0.493 e. The van der Waals surface area contributed by atoms with Gasteiger partial charge in [0.15, 0.2) is 0 Å². The second kappa shape index (κ2) is 7.85. The van der Waals surface area contributed by atoms with Crippen molar-refractivity contribution in [2.24, 2.45) is 5.92 Å². The molecule has 6 heteroatoms. The molecule has 1 aromatic rings. The summed E-state index contributed by atoms with van der Waals surface area (Å²) in [4.78, 5) is 24.4. The van der Waals surface area contributed by atoms with Crippen LogP contribution in [0.2, 0.25) is 0 Å². The molecule has 1 aliphatic carbocycles. The average molecular weight is 348 g/mol. The maximum atomic E-state index is 13.7. The number of fused-ring (bicyclic) bond motifs is 1. The zero-order chi connectivity index (χ0) is 17.8. The van der Waals surface area contributed by atoms with E-state index in [0.717, 1.165) is 32.1 Å². The lowest BCUT2D eigenvalue weighted by molar-refractivity contribution is -0.130. The van der Waals surface area contributed by atoms with Gasteiger partial charge in [-0.25, -0.2) is 4.39 Å². The number of rotatable bonds is 4. The molecule has 0 spiro atoms. The van der Waals surface area contributed by atoms with Gasteiger partial charge in [0.1, 0.15) is 17.6 Å². The maximum Gasteiger partial charge on any atom is 0.243 e. The Labute approximate surface area is 147 Å². The van der Waals surface area contributed by atoms with E-state index in [1.807, 2.05) is 0 Å². The summed E-state index contributed by atoms with van der Waals surface area (Å²) in [6, 6.07) is 3.56. The Balaban J connectivity index is 1.78. The number of ether oxygens (including phenoxy) is 1. The summed E-state index contributed by atoms with van der Waals surface area (Å²) in [5.41, 5.74) is 0.666. The minimum Gasteiger partial charge on any atom is -0.493 e. The van der Waals surface area contributed by atoms with Crippen LogP contribution in [0, 0.1) is 11.7 Å². The van der Waals surface area contributed by atoms with Crippen LogP contribution in [-0.4, -0.2) is 24.5 Å². The molecular weight excluding hydrogens is 323 g/mol. The molecule has 1 aliphatic heterocycles. The van der Waals surface area contributed by atoms with Gasteiger partial charge in [-0.3, -0.25) is 9.59 Å². The van der Waals surface area contributed by atoms with Crippen LogP contribution in [0.4, 0.5) is 4.39 Å². The van der Waals surface area contributed by atoms with Crippen molar-refractivity contribution >= 4 is 11.8 Å². The Morgan fingerprint density at radius 2 is 1.96 bits per heavy atom. The topological polar surface area (TPSA) is 67.4 Å². The van der Waals surface area contributed by atoms with Gasteiger partial charge >= 0.3 is 0 Å². The first-order valence-corrected chi connectivity index (χ1v) is 9.04. The summed E-state index contributed by atoms with van der Waals surface area (Å²) < 4.78 is 19.3. The molecule has 1 saturated carbocycles. The zero-order valence-corrected chi connectivity index (χ0v) is 14.5. The molecule has 0 saturated heterocycles. The SMILES string of the molecule is CC(=O)N[C@H](C(=O)N[C@H]1CCCOc2ccc(F)cc21)C1CCCC1. The third-order valence-corrected chi connectivity index (χ3v) is 5.07. The van der Waals surface area contributed by atoms with Crippen LogP contribution < -0.4 is 15.4 Å². The number of nitrogens with one attached hydrogen (secondary N) is 2. The molecule has 2 aliphatic rings. The van der Waals surface area contributed by atoms with Crippen molar-refractivity contribution < 1.29 is 18.7 Å². The van der Waals surface area contributed by atoms with Crippen LogP contribution in [-0.2, 0) is 9.59 Å². The third kappa shape index (κ3) is 4.30. The van der Waals surface area contributed by atoms with Gasteiger partial charge in [-0.1, -0.05) is 12.8 Å². The van der Waals surface area contributed by atoms with Gasteiger partial charge < -0.3 is 15.4 Å². The minimum absolute atomic E-state index is 0.165. The van der Waals surface area contributed by atoms with E-state index in [1.54, 1.807) is 6.07 Å². The van der Waals surface area contributed by atoms with E-state index >= 15 is 0 Å². The normalized spacial score (nSPS) is 21.6.